The molecule has 0 radical (unpaired) electrons. The normalized spacial score (nSPS) is 15.2. The summed E-state index contributed by atoms with van der Waals surface area (Å²) < 4.78 is 7.22. The number of benzene rings is 1. The second-order valence-electron chi connectivity index (χ2n) is 6.93. The van der Waals surface area contributed by atoms with E-state index in [4.69, 9.17) is 9.72 Å². The van der Waals surface area contributed by atoms with Gasteiger partial charge < -0.3 is 10.1 Å². The molecule has 0 aliphatic carbocycles. The Morgan fingerprint density at radius 1 is 1.14 bits per heavy atom. The predicted molar refractivity (Wildman–Crippen MR) is 113 cm³/mol. The van der Waals surface area contributed by atoms with E-state index < -0.39 is 0 Å². The van der Waals surface area contributed by atoms with Crippen LogP contribution in [0, 0.1) is 6.92 Å². The van der Waals surface area contributed by atoms with Crippen molar-refractivity contribution in [3.63, 3.8) is 0 Å². The van der Waals surface area contributed by atoms with Crippen LogP contribution in [-0.2, 0) is 4.74 Å². The summed E-state index contributed by atoms with van der Waals surface area (Å²) in [5.74, 6) is 0.745. The molecule has 28 heavy (non-hydrogen) atoms. The van der Waals surface area contributed by atoms with E-state index in [1.165, 1.54) is 5.56 Å². The van der Waals surface area contributed by atoms with Gasteiger partial charge in [0, 0.05) is 25.2 Å². The summed E-state index contributed by atoms with van der Waals surface area (Å²) in [6.45, 7) is 7.72. The minimum atomic E-state index is 0.745. The first kappa shape index (κ1) is 19.2. The summed E-state index contributed by atoms with van der Waals surface area (Å²) in [6.07, 6.45) is 4.92. The van der Waals surface area contributed by atoms with Gasteiger partial charge in [0.2, 0.25) is 5.95 Å². The zero-order valence-corrected chi connectivity index (χ0v) is 17.2. The largest absolute Gasteiger partial charge is 0.379 e. The highest BCUT2D eigenvalue weighted by atomic mass is 32.2. The Morgan fingerprint density at radius 3 is 2.68 bits per heavy atom. The third kappa shape index (κ3) is 4.29. The second-order valence-corrected chi connectivity index (χ2v) is 7.70. The molecule has 4 rings (SSSR count). The highest BCUT2D eigenvalue weighted by Gasteiger charge is 2.14. The Kier molecular flexibility index (Phi) is 6.09. The quantitative estimate of drug-likeness (QED) is 0.485. The van der Waals surface area contributed by atoms with E-state index >= 15 is 0 Å². The average molecular weight is 399 g/mol. The molecule has 0 saturated carbocycles. The Morgan fingerprint density at radius 2 is 1.93 bits per heavy atom. The van der Waals surface area contributed by atoms with Crippen molar-refractivity contribution in [1.82, 2.24) is 24.5 Å². The molecule has 148 valence electrons. The lowest BCUT2D eigenvalue weighted by Crippen LogP contribution is -2.37. The second kappa shape index (κ2) is 8.89. The zero-order valence-electron chi connectivity index (χ0n) is 16.4. The van der Waals surface area contributed by atoms with Crippen LogP contribution in [0.3, 0.4) is 0 Å². The van der Waals surface area contributed by atoms with E-state index in [-0.39, 0.29) is 0 Å². The number of hydrogen-bond donors (Lipinski definition) is 1. The van der Waals surface area contributed by atoms with Gasteiger partial charge in [-0.2, -0.15) is 14.6 Å². The lowest BCUT2D eigenvalue weighted by atomic mass is 10.1. The molecule has 0 unspecified atom stereocenters. The van der Waals surface area contributed by atoms with E-state index in [1.54, 1.807) is 11.8 Å². The van der Waals surface area contributed by atoms with Crippen molar-refractivity contribution in [3.8, 4) is 11.1 Å². The summed E-state index contributed by atoms with van der Waals surface area (Å²) >= 11 is 1.54. The minimum absolute atomic E-state index is 0.745. The number of nitrogens with one attached hydrogen (secondary N) is 1. The predicted octanol–water partition coefficient (Wildman–Crippen LogP) is 2.96. The molecular weight excluding hydrogens is 372 g/mol. The fraction of sp³-hybridized carbons (Fsp3) is 0.450. The minimum Gasteiger partial charge on any atom is -0.379 e. The third-order valence-electron chi connectivity index (χ3n) is 4.93. The van der Waals surface area contributed by atoms with Gasteiger partial charge in [-0.05, 0) is 31.7 Å². The van der Waals surface area contributed by atoms with Crippen molar-refractivity contribution in [2.24, 2.45) is 0 Å². The van der Waals surface area contributed by atoms with Crippen LogP contribution in [0.25, 0.3) is 16.8 Å². The molecule has 1 aliphatic heterocycles. The fourth-order valence-electron chi connectivity index (χ4n) is 3.33. The monoisotopic (exact) mass is 398 g/mol. The molecular formula is C20H26N6OS. The Balaban J connectivity index is 1.51. The molecule has 1 N–H and O–H groups in total. The van der Waals surface area contributed by atoms with Gasteiger partial charge in [0.05, 0.1) is 19.4 Å². The van der Waals surface area contributed by atoms with Crippen molar-refractivity contribution >= 4 is 23.4 Å². The first-order valence-corrected chi connectivity index (χ1v) is 10.9. The molecule has 1 fully saturated rings. The van der Waals surface area contributed by atoms with Crippen molar-refractivity contribution < 1.29 is 4.74 Å². The number of aryl methyl sites for hydroxylation is 1. The van der Waals surface area contributed by atoms with E-state index in [0.29, 0.717) is 0 Å². The Hall–Kier alpha value is -2.16. The number of morpholine rings is 1. The van der Waals surface area contributed by atoms with Gasteiger partial charge in [-0.1, -0.05) is 41.6 Å². The summed E-state index contributed by atoms with van der Waals surface area (Å²) in [7, 11) is 0. The topological polar surface area (TPSA) is 67.6 Å². The molecule has 0 bridgehead atoms. The van der Waals surface area contributed by atoms with Gasteiger partial charge in [-0.25, -0.2) is 4.98 Å². The number of nitrogens with zero attached hydrogens (tertiary/aromatic N) is 5. The van der Waals surface area contributed by atoms with Gasteiger partial charge >= 0.3 is 0 Å². The van der Waals surface area contributed by atoms with Gasteiger partial charge in [0.25, 0.3) is 0 Å². The number of aromatic nitrogens is 4. The van der Waals surface area contributed by atoms with Crippen LogP contribution in [0.2, 0.25) is 0 Å². The molecule has 1 aliphatic rings. The molecule has 0 amide bonds. The number of hydrogen-bond acceptors (Lipinski definition) is 7. The highest BCUT2D eigenvalue weighted by molar-refractivity contribution is 7.98. The first-order chi connectivity index (χ1) is 13.7. The average Bonchev–Trinajstić information content (AvgIpc) is 3.16. The van der Waals surface area contributed by atoms with Crippen molar-refractivity contribution in [2.45, 2.75) is 18.5 Å². The van der Waals surface area contributed by atoms with Crippen LogP contribution in [0.15, 0.2) is 35.6 Å². The number of rotatable bonds is 7. The highest BCUT2D eigenvalue weighted by Crippen LogP contribution is 2.26. The molecule has 1 saturated heterocycles. The van der Waals surface area contributed by atoms with Gasteiger partial charge in [0.15, 0.2) is 10.8 Å². The number of anilines is 1. The van der Waals surface area contributed by atoms with Crippen LogP contribution < -0.4 is 5.32 Å². The fourth-order valence-corrected chi connectivity index (χ4v) is 3.68. The maximum atomic E-state index is 5.41. The maximum absolute atomic E-state index is 5.41. The van der Waals surface area contributed by atoms with Crippen LogP contribution in [0.4, 0.5) is 5.95 Å². The molecule has 3 aromatic rings. The van der Waals surface area contributed by atoms with E-state index in [2.05, 4.69) is 51.5 Å². The van der Waals surface area contributed by atoms with Gasteiger partial charge in [0.1, 0.15) is 0 Å². The number of thioether (sulfide) groups is 1. The van der Waals surface area contributed by atoms with Crippen LogP contribution in [0.5, 0.6) is 0 Å². The first-order valence-electron chi connectivity index (χ1n) is 9.65. The molecule has 0 atom stereocenters. The summed E-state index contributed by atoms with van der Waals surface area (Å²) in [6, 6.07) is 8.45. The van der Waals surface area contributed by atoms with Gasteiger partial charge in [-0.15, -0.1) is 0 Å². The molecule has 8 heteroatoms. The lowest BCUT2D eigenvalue weighted by Gasteiger charge is -2.26. The summed E-state index contributed by atoms with van der Waals surface area (Å²) in [4.78, 5) is 11.8. The smallest absolute Gasteiger partial charge is 0.228 e. The molecule has 0 spiro atoms. The standard InChI is InChI=1S/C20H26N6OS/c1-15-4-6-16(7-5-15)17-14-22-26-18(17)23-20(28-2)24-19(26)21-8-3-9-25-10-12-27-13-11-25/h4-7,14H,3,8-13H2,1-2H3,(H,21,23,24). The summed E-state index contributed by atoms with van der Waals surface area (Å²) in [5, 5.41) is 8.76. The van der Waals surface area contributed by atoms with Crippen LogP contribution in [-0.4, -0.2) is 70.1 Å². The zero-order chi connectivity index (χ0) is 19.3. The number of ether oxygens (including phenoxy) is 1. The SMILES string of the molecule is CSc1nc(NCCCN2CCOCC2)n2ncc(-c3ccc(C)cc3)c2n1. The van der Waals surface area contributed by atoms with E-state index in [1.807, 2.05) is 17.0 Å². The van der Waals surface area contributed by atoms with Gasteiger partial charge in [-0.3, -0.25) is 4.90 Å². The number of fused-ring (bicyclic) bond motifs is 1. The molecule has 1 aromatic carbocycles. The summed E-state index contributed by atoms with van der Waals surface area (Å²) in [5.41, 5.74) is 4.21. The molecule has 3 heterocycles. The van der Waals surface area contributed by atoms with E-state index in [9.17, 15) is 0 Å². The van der Waals surface area contributed by atoms with Crippen molar-refractivity contribution in [3.05, 3.63) is 36.0 Å². The van der Waals surface area contributed by atoms with Crippen LogP contribution >= 0.6 is 11.8 Å². The lowest BCUT2D eigenvalue weighted by molar-refractivity contribution is 0.0378. The van der Waals surface area contributed by atoms with E-state index in [0.717, 1.165) is 73.7 Å². The van der Waals surface area contributed by atoms with Crippen LogP contribution in [0.1, 0.15) is 12.0 Å². The Labute approximate surface area is 169 Å². The molecule has 7 nitrogen and oxygen atoms in total. The third-order valence-corrected chi connectivity index (χ3v) is 5.48. The molecule has 2 aromatic heterocycles. The Bertz CT molecular complexity index is 920. The van der Waals surface area contributed by atoms with Crippen molar-refractivity contribution in [2.75, 3.05) is 51.0 Å². The van der Waals surface area contributed by atoms with Crippen molar-refractivity contribution in [1.29, 1.82) is 0 Å². The maximum Gasteiger partial charge on any atom is 0.228 e.